The molecule has 2 aromatic carbocycles. The fraction of sp³-hybridized carbons (Fsp3) is 0.0667. The van der Waals surface area contributed by atoms with Gasteiger partial charge in [0.15, 0.2) is 11.6 Å². The number of alkyl halides is 1. The first-order valence-corrected chi connectivity index (χ1v) is 6.44. The standard InChI is InChI=1S/C15H11BrO2/c16-13(14(17)11-7-3-1-4-8-11)15(18)12-9-5-2-6-10-12/h1-10,13H. The Hall–Kier alpha value is -1.74. The van der Waals surface area contributed by atoms with Gasteiger partial charge in [-0.3, -0.25) is 9.59 Å². The van der Waals surface area contributed by atoms with Crippen molar-refractivity contribution in [3.63, 3.8) is 0 Å². The van der Waals surface area contributed by atoms with E-state index < -0.39 is 4.83 Å². The fourth-order valence-electron chi connectivity index (χ4n) is 1.62. The lowest BCUT2D eigenvalue weighted by Gasteiger charge is -2.08. The molecule has 2 aromatic rings. The van der Waals surface area contributed by atoms with E-state index in [9.17, 15) is 9.59 Å². The van der Waals surface area contributed by atoms with Crippen LogP contribution in [-0.2, 0) is 0 Å². The molecule has 0 aliphatic heterocycles. The van der Waals surface area contributed by atoms with Gasteiger partial charge < -0.3 is 0 Å². The number of hydrogen-bond donors (Lipinski definition) is 0. The lowest BCUT2D eigenvalue weighted by molar-refractivity contribution is 0.0906. The highest BCUT2D eigenvalue weighted by atomic mass is 79.9. The summed E-state index contributed by atoms with van der Waals surface area (Å²) >= 11 is 3.18. The predicted octanol–water partition coefficient (Wildman–Crippen LogP) is 3.52. The third-order valence-electron chi connectivity index (χ3n) is 2.58. The molecule has 0 aliphatic carbocycles. The van der Waals surface area contributed by atoms with Crippen molar-refractivity contribution in [3.8, 4) is 0 Å². The van der Waals surface area contributed by atoms with E-state index in [4.69, 9.17) is 0 Å². The molecular weight excluding hydrogens is 292 g/mol. The molecule has 18 heavy (non-hydrogen) atoms. The molecule has 0 heterocycles. The summed E-state index contributed by atoms with van der Waals surface area (Å²) in [7, 11) is 0. The molecule has 2 nitrogen and oxygen atoms in total. The Bertz CT molecular complexity index is 498. The molecule has 2 rings (SSSR count). The van der Waals surface area contributed by atoms with E-state index >= 15 is 0 Å². The molecule has 90 valence electrons. The summed E-state index contributed by atoms with van der Waals surface area (Å²) in [6.45, 7) is 0. The van der Waals surface area contributed by atoms with Crippen LogP contribution in [0.4, 0.5) is 0 Å². The Balaban J connectivity index is 2.20. The van der Waals surface area contributed by atoms with Crippen molar-refractivity contribution < 1.29 is 9.59 Å². The summed E-state index contributed by atoms with van der Waals surface area (Å²) in [6, 6.07) is 17.6. The summed E-state index contributed by atoms with van der Waals surface area (Å²) in [4.78, 5) is 23.4. The molecule has 0 N–H and O–H groups in total. The fourth-order valence-corrected chi connectivity index (χ4v) is 2.15. The van der Waals surface area contributed by atoms with Crippen LogP contribution in [0.3, 0.4) is 0 Å². The molecule has 0 fully saturated rings. The van der Waals surface area contributed by atoms with Gasteiger partial charge in [-0.2, -0.15) is 0 Å². The van der Waals surface area contributed by atoms with E-state index in [1.807, 2.05) is 12.1 Å². The third kappa shape index (κ3) is 2.74. The van der Waals surface area contributed by atoms with Crippen molar-refractivity contribution in [2.75, 3.05) is 0 Å². The summed E-state index contributed by atoms with van der Waals surface area (Å²) in [5.41, 5.74) is 1.06. The van der Waals surface area contributed by atoms with E-state index in [2.05, 4.69) is 15.9 Å². The number of carbonyl (C=O) groups is 2. The molecular formula is C15H11BrO2. The Labute approximate surface area is 114 Å². The van der Waals surface area contributed by atoms with Gasteiger partial charge in [-0.25, -0.2) is 0 Å². The lowest BCUT2D eigenvalue weighted by Crippen LogP contribution is -2.24. The Kier molecular flexibility index (Phi) is 4.05. The van der Waals surface area contributed by atoms with Crippen molar-refractivity contribution in [1.82, 2.24) is 0 Å². The zero-order valence-corrected chi connectivity index (χ0v) is 11.1. The second-order valence-corrected chi connectivity index (χ2v) is 4.74. The topological polar surface area (TPSA) is 34.1 Å². The van der Waals surface area contributed by atoms with Crippen LogP contribution in [0, 0.1) is 0 Å². The number of rotatable bonds is 4. The van der Waals surface area contributed by atoms with Gasteiger partial charge in [0.2, 0.25) is 0 Å². The first-order chi connectivity index (χ1) is 8.70. The second-order valence-electron chi connectivity index (χ2n) is 3.82. The van der Waals surface area contributed by atoms with E-state index in [1.54, 1.807) is 48.5 Å². The number of halogens is 1. The van der Waals surface area contributed by atoms with Crippen LogP contribution in [0.2, 0.25) is 0 Å². The second kappa shape index (κ2) is 5.74. The summed E-state index contributed by atoms with van der Waals surface area (Å²) in [5, 5.41) is 0. The Morgan fingerprint density at radius 1 is 0.722 bits per heavy atom. The maximum absolute atomic E-state index is 12.1. The number of Topliss-reactive ketones (excluding diaryl/α,β-unsaturated/α-hetero) is 2. The van der Waals surface area contributed by atoms with E-state index in [1.165, 1.54) is 0 Å². The van der Waals surface area contributed by atoms with Crippen LogP contribution in [0.25, 0.3) is 0 Å². The van der Waals surface area contributed by atoms with Gasteiger partial charge in [0, 0.05) is 11.1 Å². The average molecular weight is 303 g/mol. The minimum atomic E-state index is -0.831. The van der Waals surface area contributed by atoms with Crippen molar-refractivity contribution >= 4 is 27.5 Å². The van der Waals surface area contributed by atoms with E-state index in [-0.39, 0.29) is 11.6 Å². The predicted molar refractivity (Wildman–Crippen MR) is 74.3 cm³/mol. The zero-order chi connectivity index (χ0) is 13.0. The molecule has 3 heteroatoms. The van der Waals surface area contributed by atoms with Gasteiger partial charge >= 0.3 is 0 Å². The van der Waals surface area contributed by atoms with Crippen LogP contribution in [-0.4, -0.2) is 16.4 Å². The Morgan fingerprint density at radius 2 is 1.06 bits per heavy atom. The SMILES string of the molecule is O=C(c1ccccc1)C(Br)C(=O)c1ccccc1. The molecule has 0 aliphatic rings. The first-order valence-electron chi connectivity index (χ1n) is 5.53. The maximum Gasteiger partial charge on any atom is 0.184 e. The molecule has 0 saturated carbocycles. The minimum Gasteiger partial charge on any atom is -0.292 e. The van der Waals surface area contributed by atoms with Gasteiger partial charge in [0.1, 0.15) is 4.83 Å². The number of carbonyl (C=O) groups excluding carboxylic acids is 2. The van der Waals surface area contributed by atoms with Crippen LogP contribution >= 0.6 is 15.9 Å². The van der Waals surface area contributed by atoms with Gasteiger partial charge in [0.05, 0.1) is 0 Å². The van der Waals surface area contributed by atoms with Crippen molar-refractivity contribution in [3.05, 3.63) is 71.8 Å². The van der Waals surface area contributed by atoms with Crippen molar-refractivity contribution in [2.24, 2.45) is 0 Å². The largest absolute Gasteiger partial charge is 0.292 e. The molecule has 0 radical (unpaired) electrons. The van der Waals surface area contributed by atoms with Crippen LogP contribution in [0.1, 0.15) is 20.7 Å². The Morgan fingerprint density at radius 3 is 1.39 bits per heavy atom. The third-order valence-corrected chi connectivity index (χ3v) is 3.41. The molecule has 0 aromatic heterocycles. The minimum absolute atomic E-state index is 0.218. The highest BCUT2D eigenvalue weighted by molar-refractivity contribution is 9.10. The molecule has 0 spiro atoms. The van der Waals surface area contributed by atoms with Crippen molar-refractivity contribution in [1.29, 1.82) is 0 Å². The monoisotopic (exact) mass is 302 g/mol. The molecule has 0 saturated heterocycles. The lowest BCUT2D eigenvalue weighted by atomic mass is 10.0. The van der Waals surface area contributed by atoms with Gasteiger partial charge in [-0.05, 0) is 0 Å². The van der Waals surface area contributed by atoms with Gasteiger partial charge in [-0.1, -0.05) is 76.6 Å². The molecule has 0 amide bonds. The number of hydrogen-bond acceptors (Lipinski definition) is 2. The summed E-state index contributed by atoms with van der Waals surface area (Å²) < 4.78 is 0. The highest BCUT2D eigenvalue weighted by Crippen LogP contribution is 2.15. The van der Waals surface area contributed by atoms with Crippen molar-refractivity contribution in [2.45, 2.75) is 4.83 Å². The highest BCUT2D eigenvalue weighted by Gasteiger charge is 2.25. The molecule has 0 bridgehead atoms. The quantitative estimate of drug-likeness (QED) is 0.492. The van der Waals surface area contributed by atoms with Gasteiger partial charge in [0.25, 0.3) is 0 Å². The summed E-state index contributed by atoms with van der Waals surface area (Å²) in [6.07, 6.45) is 0. The number of ketones is 2. The summed E-state index contributed by atoms with van der Waals surface area (Å²) in [5.74, 6) is -0.436. The zero-order valence-electron chi connectivity index (χ0n) is 9.55. The van der Waals surface area contributed by atoms with Crippen LogP contribution in [0.15, 0.2) is 60.7 Å². The van der Waals surface area contributed by atoms with E-state index in [0.717, 1.165) is 0 Å². The normalized spacial score (nSPS) is 10.3. The number of benzene rings is 2. The first kappa shape index (κ1) is 12.7. The molecule has 0 unspecified atom stereocenters. The maximum atomic E-state index is 12.1. The van der Waals surface area contributed by atoms with Gasteiger partial charge in [-0.15, -0.1) is 0 Å². The average Bonchev–Trinajstić information content (AvgIpc) is 2.47. The van der Waals surface area contributed by atoms with Crippen LogP contribution < -0.4 is 0 Å². The molecule has 0 atom stereocenters. The van der Waals surface area contributed by atoms with E-state index in [0.29, 0.717) is 11.1 Å². The van der Waals surface area contributed by atoms with Crippen LogP contribution in [0.5, 0.6) is 0 Å². The smallest absolute Gasteiger partial charge is 0.184 e.